The van der Waals surface area contributed by atoms with Crippen molar-refractivity contribution in [3.8, 4) is 5.69 Å². The zero-order valence-corrected chi connectivity index (χ0v) is 15.2. The van der Waals surface area contributed by atoms with Gasteiger partial charge < -0.3 is 10.4 Å². The van der Waals surface area contributed by atoms with Crippen molar-refractivity contribution in [1.29, 1.82) is 0 Å². The van der Waals surface area contributed by atoms with Gasteiger partial charge in [0.15, 0.2) is 0 Å². The number of aliphatic carboxylic acids is 1. The second-order valence-electron chi connectivity index (χ2n) is 6.00. The third-order valence-electron chi connectivity index (χ3n) is 4.34. The van der Waals surface area contributed by atoms with Crippen LogP contribution >= 0.6 is 23.4 Å². The van der Waals surface area contributed by atoms with Gasteiger partial charge in [-0.1, -0.05) is 11.6 Å². The largest absolute Gasteiger partial charge is 0.480 e. The molecular formula is C17H18ClN3O3S. The number of nitrogens with one attached hydrogen (secondary N) is 1. The van der Waals surface area contributed by atoms with Crippen LogP contribution in [0.2, 0.25) is 5.02 Å². The quantitative estimate of drug-likeness (QED) is 0.853. The second-order valence-corrected chi connectivity index (χ2v) is 7.66. The molecule has 2 aromatic rings. The van der Waals surface area contributed by atoms with Crippen LogP contribution in [0.15, 0.2) is 30.5 Å². The van der Waals surface area contributed by atoms with Gasteiger partial charge in [0.1, 0.15) is 5.54 Å². The number of aryl methyl sites for hydroxylation is 1. The fourth-order valence-corrected chi connectivity index (χ4v) is 4.12. The number of carboxylic acids is 1. The lowest BCUT2D eigenvalue weighted by Gasteiger charge is -2.33. The highest BCUT2D eigenvalue weighted by Gasteiger charge is 2.41. The van der Waals surface area contributed by atoms with E-state index in [2.05, 4.69) is 10.4 Å². The van der Waals surface area contributed by atoms with Crippen LogP contribution in [0.4, 0.5) is 0 Å². The molecule has 0 atom stereocenters. The average Bonchev–Trinajstić information content (AvgIpc) is 2.98. The number of aromatic nitrogens is 2. The Morgan fingerprint density at radius 1 is 1.28 bits per heavy atom. The Morgan fingerprint density at radius 3 is 2.52 bits per heavy atom. The van der Waals surface area contributed by atoms with E-state index in [1.807, 2.05) is 0 Å². The summed E-state index contributed by atoms with van der Waals surface area (Å²) in [6, 6.07) is 7.08. The SMILES string of the molecule is Cc1nn(-c2ccc(Cl)cc2)cc1C(=O)NC1(C(=O)O)CCSCC1. The van der Waals surface area contributed by atoms with Gasteiger partial charge in [-0.15, -0.1) is 0 Å². The van der Waals surface area contributed by atoms with Gasteiger partial charge in [0.05, 0.1) is 16.9 Å². The maximum atomic E-state index is 12.7. The molecule has 1 saturated heterocycles. The highest BCUT2D eigenvalue weighted by molar-refractivity contribution is 7.99. The standard InChI is InChI=1S/C17H18ClN3O3S/c1-11-14(10-21(20-11)13-4-2-12(18)3-5-13)15(22)19-17(16(23)24)6-8-25-9-7-17/h2-5,10H,6-9H2,1H3,(H,19,22)(H,23,24). The number of hydrogen-bond donors (Lipinski definition) is 2. The Bertz CT molecular complexity index is 798. The van der Waals surface area contributed by atoms with Crippen molar-refractivity contribution in [3.63, 3.8) is 0 Å². The molecule has 0 aliphatic carbocycles. The normalized spacial score (nSPS) is 16.4. The highest BCUT2D eigenvalue weighted by Crippen LogP contribution is 2.28. The number of hydrogen-bond acceptors (Lipinski definition) is 4. The average molecular weight is 380 g/mol. The van der Waals surface area contributed by atoms with Gasteiger partial charge in [-0.25, -0.2) is 9.48 Å². The monoisotopic (exact) mass is 379 g/mol. The summed E-state index contributed by atoms with van der Waals surface area (Å²) in [6.45, 7) is 1.73. The van der Waals surface area contributed by atoms with Crippen LogP contribution < -0.4 is 5.32 Å². The fraction of sp³-hybridized carbons (Fsp3) is 0.353. The van der Waals surface area contributed by atoms with E-state index in [0.29, 0.717) is 29.1 Å². The van der Waals surface area contributed by atoms with Crippen LogP contribution in [0.1, 0.15) is 28.9 Å². The zero-order chi connectivity index (χ0) is 18.0. The number of thioether (sulfide) groups is 1. The molecule has 1 aliphatic heterocycles. The lowest BCUT2D eigenvalue weighted by Crippen LogP contribution is -2.56. The molecule has 1 amide bonds. The predicted molar refractivity (Wildman–Crippen MR) is 97.7 cm³/mol. The van der Waals surface area contributed by atoms with Gasteiger partial charge in [-0.05, 0) is 55.5 Å². The minimum absolute atomic E-state index is 0.369. The first-order valence-electron chi connectivity index (χ1n) is 7.87. The van der Waals surface area contributed by atoms with E-state index in [0.717, 1.165) is 17.2 Å². The minimum atomic E-state index is -1.20. The lowest BCUT2D eigenvalue weighted by atomic mass is 9.92. The van der Waals surface area contributed by atoms with E-state index in [-0.39, 0.29) is 0 Å². The van der Waals surface area contributed by atoms with Crippen molar-refractivity contribution >= 4 is 35.2 Å². The molecule has 132 valence electrons. The number of benzene rings is 1. The van der Waals surface area contributed by atoms with Gasteiger partial charge >= 0.3 is 5.97 Å². The van der Waals surface area contributed by atoms with E-state index in [9.17, 15) is 14.7 Å². The van der Waals surface area contributed by atoms with Crippen molar-refractivity contribution in [2.45, 2.75) is 25.3 Å². The van der Waals surface area contributed by atoms with E-state index in [1.165, 1.54) is 0 Å². The summed E-state index contributed by atoms with van der Waals surface area (Å²) in [5.41, 5.74) is 0.484. The summed E-state index contributed by atoms with van der Waals surface area (Å²) in [4.78, 5) is 24.4. The Morgan fingerprint density at radius 2 is 1.92 bits per heavy atom. The number of rotatable bonds is 4. The molecule has 0 spiro atoms. The summed E-state index contributed by atoms with van der Waals surface area (Å²) in [5, 5.41) is 17.3. The van der Waals surface area contributed by atoms with Crippen molar-refractivity contribution < 1.29 is 14.7 Å². The first kappa shape index (κ1) is 17.8. The number of nitrogens with zero attached hydrogens (tertiary/aromatic N) is 2. The van der Waals surface area contributed by atoms with E-state index < -0.39 is 17.4 Å². The van der Waals surface area contributed by atoms with E-state index >= 15 is 0 Å². The number of carboxylic acid groups (broad SMARTS) is 1. The summed E-state index contributed by atoms with van der Waals surface area (Å²) < 4.78 is 1.59. The summed E-state index contributed by atoms with van der Waals surface area (Å²) in [5.74, 6) is 0.0430. The van der Waals surface area contributed by atoms with Crippen molar-refractivity contribution in [2.24, 2.45) is 0 Å². The molecule has 1 aromatic carbocycles. The van der Waals surface area contributed by atoms with E-state index in [1.54, 1.807) is 53.8 Å². The smallest absolute Gasteiger partial charge is 0.329 e. The van der Waals surface area contributed by atoms with Crippen molar-refractivity contribution in [2.75, 3.05) is 11.5 Å². The summed E-state index contributed by atoms with van der Waals surface area (Å²) in [7, 11) is 0. The Kier molecular flexibility index (Phi) is 5.06. The Labute approximate surface area is 154 Å². The molecule has 3 rings (SSSR count). The molecular weight excluding hydrogens is 362 g/mol. The number of carbonyl (C=O) groups is 2. The van der Waals surface area contributed by atoms with Crippen LogP contribution in [0, 0.1) is 6.92 Å². The highest BCUT2D eigenvalue weighted by atomic mass is 35.5. The number of carbonyl (C=O) groups excluding carboxylic acids is 1. The maximum absolute atomic E-state index is 12.7. The molecule has 1 aliphatic rings. The van der Waals surface area contributed by atoms with Crippen molar-refractivity contribution in [3.05, 3.63) is 46.7 Å². The van der Waals surface area contributed by atoms with Crippen LogP contribution in [-0.4, -0.2) is 43.8 Å². The first-order valence-corrected chi connectivity index (χ1v) is 9.40. The Hall–Kier alpha value is -1.99. The second kappa shape index (κ2) is 7.09. The molecule has 25 heavy (non-hydrogen) atoms. The van der Waals surface area contributed by atoms with Gasteiger partial charge in [0, 0.05) is 11.2 Å². The molecule has 2 heterocycles. The summed E-state index contributed by atoms with van der Waals surface area (Å²) in [6.07, 6.45) is 2.45. The third kappa shape index (κ3) is 3.67. The molecule has 0 radical (unpaired) electrons. The topological polar surface area (TPSA) is 84.2 Å². The summed E-state index contributed by atoms with van der Waals surface area (Å²) >= 11 is 7.59. The van der Waals surface area contributed by atoms with Gasteiger partial charge in [-0.3, -0.25) is 4.79 Å². The number of halogens is 1. The zero-order valence-electron chi connectivity index (χ0n) is 13.7. The van der Waals surface area contributed by atoms with Gasteiger partial charge in [0.25, 0.3) is 5.91 Å². The molecule has 0 bridgehead atoms. The van der Waals surface area contributed by atoms with E-state index in [4.69, 9.17) is 11.6 Å². The van der Waals surface area contributed by atoms with Crippen LogP contribution in [0.25, 0.3) is 5.69 Å². The van der Waals surface area contributed by atoms with Crippen LogP contribution in [-0.2, 0) is 4.79 Å². The first-order chi connectivity index (χ1) is 11.9. The third-order valence-corrected chi connectivity index (χ3v) is 5.58. The molecule has 2 N–H and O–H groups in total. The van der Waals surface area contributed by atoms with Crippen LogP contribution in [0.5, 0.6) is 0 Å². The number of amides is 1. The fourth-order valence-electron chi connectivity index (χ4n) is 2.81. The molecule has 0 unspecified atom stereocenters. The van der Waals surface area contributed by atoms with Crippen molar-refractivity contribution in [1.82, 2.24) is 15.1 Å². The maximum Gasteiger partial charge on any atom is 0.329 e. The van der Waals surface area contributed by atoms with Gasteiger partial charge in [-0.2, -0.15) is 16.9 Å². The molecule has 6 nitrogen and oxygen atoms in total. The van der Waals surface area contributed by atoms with Crippen LogP contribution in [0.3, 0.4) is 0 Å². The lowest BCUT2D eigenvalue weighted by molar-refractivity contribution is -0.144. The minimum Gasteiger partial charge on any atom is -0.480 e. The molecule has 1 fully saturated rings. The molecule has 8 heteroatoms. The van der Waals surface area contributed by atoms with Gasteiger partial charge in [0.2, 0.25) is 0 Å². The Balaban J connectivity index is 1.85. The predicted octanol–water partition coefficient (Wildman–Crippen LogP) is 2.91. The molecule has 0 saturated carbocycles. The molecule has 1 aromatic heterocycles.